The Bertz CT molecular complexity index is 1140. The average Bonchev–Trinajstić information content (AvgIpc) is 2.90. The van der Waals surface area contributed by atoms with Crippen LogP contribution < -0.4 is 10.6 Å². The molecule has 0 radical (unpaired) electrons. The van der Waals surface area contributed by atoms with E-state index in [0.29, 0.717) is 24.2 Å². The third-order valence-corrected chi connectivity index (χ3v) is 5.72. The molecule has 4 rings (SSSR count). The average molecular weight is 449 g/mol. The molecule has 0 aliphatic carbocycles. The van der Waals surface area contributed by atoms with Crippen molar-refractivity contribution in [3.8, 4) is 11.1 Å². The standard InChI is InChI=1S/C30H28N2O2/c33-29(31-21-19-23-11-3-1-4-12-23)27-17-9-7-15-25(27)26-16-8-10-18-28(26)30(34)32-22-20-24-13-5-2-6-14-24/h1-18H,19-22H2,(H,31,33)(H,32,34). The smallest absolute Gasteiger partial charge is 0.251 e. The molecule has 34 heavy (non-hydrogen) atoms. The summed E-state index contributed by atoms with van der Waals surface area (Å²) in [5, 5.41) is 6.04. The van der Waals surface area contributed by atoms with Crippen molar-refractivity contribution < 1.29 is 9.59 Å². The molecule has 2 N–H and O–H groups in total. The van der Waals surface area contributed by atoms with Crippen molar-refractivity contribution in [1.82, 2.24) is 10.6 Å². The largest absolute Gasteiger partial charge is 0.352 e. The van der Waals surface area contributed by atoms with E-state index in [1.54, 1.807) is 12.1 Å². The fourth-order valence-corrected chi connectivity index (χ4v) is 3.95. The molecule has 0 heterocycles. The Hall–Kier alpha value is -4.18. The van der Waals surface area contributed by atoms with Crippen LogP contribution in [-0.4, -0.2) is 24.9 Å². The first kappa shape index (κ1) is 23.0. The van der Waals surface area contributed by atoms with Crippen LogP contribution in [0.15, 0.2) is 109 Å². The van der Waals surface area contributed by atoms with Gasteiger partial charge in [-0.2, -0.15) is 0 Å². The van der Waals surface area contributed by atoms with Crippen molar-refractivity contribution in [3.05, 3.63) is 131 Å². The molecular weight excluding hydrogens is 420 g/mol. The van der Waals surface area contributed by atoms with Crippen molar-refractivity contribution in [2.45, 2.75) is 12.8 Å². The highest BCUT2D eigenvalue weighted by molar-refractivity contribution is 6.06. The fraction of sp³-hybridized carbons (Fsp3) is 0.133. The number of hydrogen-bond acceptors (Lipinski definition) is 2. The summed E-state index contributed by atoms with van der Waals surface area (Å²) in [6.45, 7) is 1.08. The monoisotopic (exact) mass is 448 g/mol. The molecule has 2 amide bonds. The lowest BCUT2D eigenvalue weighted by Gasteiger charge is -2.14. The van der Waals surface area contributed by atoms with Crippen LogP contribution in [0.1, 0.15) is 31.8 Å². The third kappa shape index (κ3) is 5.99. The quantitative estimate of drug-likeness (QED) is 0.365. The van der Waals surface area contributed by atoms with Gasteiger partial charge >= 0.3 is 0 Å². The summed E-state index contributed by atoms with van der Waals surface area (Å²) < 4.78 is 0. The number of hydrogen-bond donors (Lipinski definition) is 2. The minimum atomic E-state index is -0.147. The summed E-state index contributed by atoms with van der Waals surface area (Å²) in [7, 11) is 0. The van der Waals surface area contributed by atoms with E-state index in [2.05, 4.69) is 10.6 Å². The van der Waals surface area contributed by atoms with E-state index in [1.807, 2.05) is 97.1 Å². The summed E-state index contributed by atoms with van der Waals surface area (Å²) in [6, 6.07) is 35.0. The molecule has 0 aromatic heterocycles. The highest BCUT2D eigenvalue weighted by atomic mass is 16.2. The predicted molar refractivity (Wildman–Crippen MR) is 137 cm³/mol. The van der Waals surface area contributed by atoms with E-state index in [1.165, 1.54) is 11.1 Å². The van der Waals surface area contributed by atoms with Gasteiger partial charge in [-0.25, -0.2) is 0 Å². The Morgan fingerprint density at radius 3 is 1.24 bits per heavy atom. The first-order valence-electron chi connectivity index (χ1n) is 11.5. The number of rotatable bonds is 9. The summed E-state index contributed by atoms with van der Waals surface area (Å²) in [6.07, 6.45) is 1.52. The van der Waals surface area contributed by atoms with Crippen LogP contribution in [0.2, 0.25) is 0 Å². The van der Waals surface area contributed by atoms with Crippen molar-refractivity contribution in [1.29, 1.82) is 0 Å². The first-order chi connectivity index (χ1) is 16.7. The lowest BCUT2D eigenvalue weighted by atomic mass is 9.94. The van der Waals surface area contributed by atoms with Gasteiger partial charge in [-0.15, -0.1) is 0 Å². The van der Waals surface area contributed by atoms with Gasteiger partial charge in [-0.1, -0.05) is 97.1 Å². The SMILES string of the molecule is O=C(NCCc1ccccc1)c1ccccc1-c1ccccc1C(=O)NCCc1ccccc1. The van der Waals surface area contributed by atoms with Gasteiger partial charge in [0.2, 0.25) is 0 Å². The second kappa shape index (κ2) is 11.6. The van der Waals surface area contributed by atoms with Gasteiger partial charge in [0.25, 0.3) is 11.8 Å². The maximum Gasteiger partial charge on any atom is 0.251 e. The Kier molecular flexibility index (Phi) is 7.86. The minimum absolute atomic E-state index is 0.147. The Morgan fingerprint density at radius 2 is 0.824 bits per heavy atom. The molecule has 0 spiro atoms. The summed E-state index contributed by atoms with van der Waals surface area (Å²) in [5.41, 5.74) is 4.95. The molecule has 0 bridgehead atoms. The molecule has 4 aromatic rings. The van der Waals surface area contributed by atoms with E-state index in [9.17, 15) is 9.59 Å². The highest BCUT2D eigenvalue weighted by Gasteiger charge is 2.17. The first-order valence-corrected chi connectivity index (χ1v) is 11.5. The van der Waals surface area contributed by atoms with Gasteiger partial charge < -0.3 is 10.6 Å². The molecule has 170 valence electrons. The molecule has 4 nitrogen and oxygen atoms in total. The van der Waals surface area contributed by atoms with Gasteiger partial charge in [0.05, 0.1) is 0 Å². The van der Waals surface area contributed by atoms with Gasteiger partial charge in [0.15, 0.2) is 0 Å². The molecule has 4 aromatic carbocycles. The van der Waals surface area contributed by atoms with Crippen molar-refractivity contribution in [2.75, 3.05) is 13.1 Å². The zero-order chi connectivity index (χ0) is 23.6. The van der Waals surface area contributed by atoms with Crippen LogP contribution in [0.5, 0.6) is 0 Å². The van der Waals surface area contributed by atoms with E-state index in [0.717, 1.165) is 24.0 Å². The van der Waals surface area contributed by atoms with Crippen LogP contribution in [-0.2, 0) is 12.8 Å². The van der Waals surface area contributed by atoms with Crippen LogP contribution >= 0.6 is 0 Å². The summed E-state index contributed by atoms with van der Waals surface area (Å²) in [4.78, 5) is 26.1. The Balaban J connectivity index is 1.47. The third-order valence-electron chi connectivity index (χ3n) is 5.72. The van der Waals surface area contributed by atoms with Crippen molar-refractivity contribution >= 4 is 11.8 Å². The van der Waals surface area contributed by atoms with Crippen LogP contribution in [0, 0.1) is 0 Å². The number of benzene rings is 4. The van der Waals surface area contributed by atoms with Gasteiger partial charge in [-0.3, -0.25) is 9.59 Å². The van der Waals surface area contributed by atoms with E-state index >= 15 is 0 Å². The number of nitrogens with one attached hydrogen (secondary N) is 2. The van der Waals surface area contributed by atoms with E-state index < -0.39 is 0 Å². The Labute approximate surface area is 200 Å². The van der Waals surface area contributed by atoms with Crippen molar-refractivity contribution in [3.63, 3.8) is 0 Å². The fourth-order valence-electron chi connectivity index (χ4n) is 3.95. The predicted octanol–water partition coefficient (Wildman–Crippen LogP) is 5.30. The molecule has 0 saturated carbocycles. The Morgan fingerprint density at radius 1 is 0.471 bits per heavy atom. The van der Waals surface area contributed by atoms with Crippen molar-refractivity contribution in [2.24, 2.45) is 0 Å². The van der Waals surface area contributed by atoms with Crippen LogP contribution in [0.4, 0.5) is 0 Å². The molecular formula is C30H28N2O2. The number of amides is 2. The molecule has 0 saturated heterocycles. The zero-order valence-corrected chi connectivity index (χ0v) is 19.0. The normalized spacial score (nSPS) is 10.5. The zero-order valence-electron chi connectivity index (χ0n) is 19.0. The summed E-state index contributed by atoms with van der Waals surface area (Å²) in [5.74, 6) is -0.295. The maximum absolute atomic E-state index is 13.0. The molecule has 0 aliphatic rings. The highest BCUT2D eigenvalue weighted by Crippen LogP contribution is 2.27. The topological polar surface area (TPSA) is 58.2 Å². The van der Waals surface area contributed by atoms with Gasteiger partial charge in [0, 0.05) is 24.2 Å². The van der Waals surface area contributed by atoms with Gasteiger partial charge in [-0.05, 0) is 47.2 Å². The maximum atomic E-state index is 13.0. The van der Waals surface area contributed by atoms with Gasteiger partial charge in [0.1, 0.15) is 0 Å². The molecule has 0 atom stereocenters. The number of carbonyl (C=O) groups excluding carboxylic acids is 2. The second-order valence-corrected chi connectivity index (χ2v) is 8.07. The molecule has 0 aliphatic heterocycles. The second-order valence-electron chi connectivity index (χ2n) is 8.07. The van der Waals surface area contributed by atoms with E-state index in [4.69, 9.17) is 0 Å². The molecule has 0 unspecified atom stereocenters. The molecule has 0 fully saturated rings. The minimum Gasteiger partial charge on any atom is -0.352 e. The molecule has 4 heteroatoms. The van der Waals surface area contributed by atoms with Crippen LogP contribution in [0.25, 0.3) is 11.1 Å². The summed E-state index contributed by atoms with van der Waals surface area (Å²) >= 11 is 0. The lowest BCUT2D eigenvalue weighted by Crippen LogP contribution is -2.27. The van der Waals surface area contributed by atoms with E-state index in [-0.39, 0.29) is 11.8 Å². The van der Waals surface area contributed by atoms with Crippen LogP contribution in [0.3, 0.4) is 0 Å². The number of carbonyl (C=O) groups is 2. The lowest BCUT2D eigenvalue weighted by molar-refractivity contribution is 0.0944.